The lowest BCUT2D eigenvalue weighted by Gasteiger charge is -2.13. The number of benzene rings is 2. The molecule has 0 aliphatic carbocycles. The fourth-order valence-electron chi connectivity index (χ4n) is 4.34. The summed E-state index contributed by atoms with van der Waals surface area (Å²) in [6.07, 6.45) is 4.62. The van der Waals surface area contributed by atoms with Gasteiger partial charge in [0.2, 0.25) is 11.8 Å². The molecular weight excluding hydrogens is 586 g/mol. The van der Waals surface area contributed by atoms with Gasteiger partial charge in [0.05, 0.1) is 24.4 Å². The van der Waals surface area contributed by atoms with Crippen molar-refractivity contribution in [1.82, 2.24) is 24.6 Å². The molecule has 12 nitrogen and oxygen atoms in total. The third-order valence-corrected chi connectivity index (χ3v) is 7.74. The van der Waals surface area contributed by atoms with Crippen molar-refractivity contribution < 1.29 is 36.3 Å². The molecule has 0 aliphatic rings. The molecule has 0 saturated carbocycles. The van der Waals surface area contributed by atoms with E-state index < -0.39 is 32.5 Å². The first-order chi connectivity index (χ1) is 20.6. The zero-order valence-corrected chi connectivity index (χ0v) is 22.7. The van der Waals surface area contributed by atoms with Crippen LogP contribution in [0.3, 0.4) is 0 Å². The Labute approximate surface area is 241 Å². The quantitative estimate of drug-likeness (QED) is 0.244. The fraction of sp³-hybridized carbons (Fsp3) is 0.0357. The highest BCUT2D eigenvalue weighted by Gasteiger charge is 2.23. The van der Waals surface area contributed by atoms with Crippen LogP contribution in [0.4, 0.5) is 14.5 Å². The first-order valence-electron chi connectivity index (χ1n) is 12.3. The Bertz CT molecular complexity index is 2150. The molecule has 216 valence electrons. The van der Waals surface area contributed by atoms with Crippen molar-refractivity contribution >= 4 is 27.3 Å². The zero-order chi connectivity index (χ0) is 30.3. The van der Waals surface area contributed by atoms with E-state index in [0.29, 0.717) is 28.5 Å². The van der Waals surface area contributed by atoms with Crippen LogP contribution in [0.5, 0.6) is 5.88 Å². The summed E-state index contributed by atoms with van der Waals surface area (Å²) in [5.74, 6) is -3.33. The first-order valence-corrected chi connectivity index (χ1v) is 13.8. The second-order valence-corrected chi connectivity index (χ2v) is 10.7. The molecule has 0 saturated heterocycles. The highest BCUT2D eigenvalue weighted by atomic mass is 32.2. The Kier molecular flexibility index (Phi) is 6.78. The van der Waals surface area contributed by atoms with Crippen LogP contribution in [0, 0.1) is 11.6 Å². The normalized spacial score (nSPS) is 11.5. The maximum atomic E-state index is 14.3. The third-order valence-electron chi connectivity index (χ3n) is 6.34. The maximum Gasteiger partial charge on any atom is 0.336 e. The number of aromatic nitrogens is 5. The van der Waals surface area contributed by atoms with Crippen molar-refractivity contribution in [2.75, 3.05) is 11.8 Å². The van der Waals surface area contributed by atoms with Crippen LogP contribution in [-0.4, -0.2) is 51.2 Å². The highest BCUT2D eigenvalue weighted by Crippen LogP contribution is 2.32. The van der Waals surface area contributed by atoms with Gasteiger partial charge in [-0.15, -0.1) is 10.2 Å². The van der Waals surface area contributed by atoms with Gasteiger partial charge >= 0.3 is 5.97 Å². The van der Waals surface area contributed by atoms with Crippen LogP contribution < -0.4 is 9.46 Å². The van der Waals surface area contributed by atoms with Crippen LogP contribution >= 0.6 is 0 Å². The van der Waals surface area contributed by atoms with E-state index in [9.17, 15) is 27.1 Å². The van der Waals surface area contributed by atoms with E-state index in [2.05, 4.69) is 24.9 Å². The predicted molar refractivity (Wildman–Crippen MR) is 148 cm³/mol. The Morgan fingerprint density at radius 3 is 2.53 bits per heavy atom. The molecule has 4 aromatic heterocycles. The summed E-state index contributed by atoms with van der Waals surface area (Å²) >= 11 is 0. The number of sulfonamides is 1. The second kappa shape index (κ2) is 10.6. The number of fused-ring (bicyclic) bond motifs is 1. The van der Waals surface area contributed by atoms with Crippen LogP contribution in [0.15, 0.2) is 88.6 Å². The molecule has 6 rings (SSSR count). The van der Waals surface area contributed by atoms with Crippen molar-refractivity contribution in [3.63, 3.8) is 0 Å². The van der Waals surface area contributed by atoms with E-state index in [4.69, 9.17) is 9.15 Å². The molecule has 0 spiro atoms. The molecule has 4 heterocycles. The topological polar surface area (TPSA) is 162 Å². The summed E-state index contributed by atoms with van der Waals surface area (Å²) < 4.78 is 68.4. The van der Waals surface area contributed by atoms with E-state index in [0.717, 1.165) is 12.1 Å². The van der Waals surface area contributed by atoms with Gasteiger partial charge in [0.1, 0.15) is 33.6 Å². The van der Waals surface area contributed by atoms with Crippen LogP contribution in [0.1, 0.15) is 10.4 Å². The van der Waals surface area contributed by atoms with Gasteiger partial charge in [-0.25, -0.2) is 32.0 Å². The standard InChI is InChI=1S/C28H18F2N6O6S/c1-41-26-21(35-43(39,40)23-8-7-17(29)11-20(23)30)10-16(12-32-26)15-6-9-24-31-13-22(36(24)14-15)27-34-33-25(42-27)18-4-2-3-5-19(18)28(37)38/h2-14,35H,1H3,(H,37,38). The van der Waals surface area contributed by atoms with Crippen molar-refractivity contribution in [2.24, 2.45) is 0 Å². The monoisotopic (exact) mass is 604 g/mol. The number of rotatable bonds is 8. The van der Waals surface area contributed by atoms with Crippen LogP contribution in [-0.2, 0) is 10.0 Å². The number of ether oxygens (including phenoxy) is 1. The average Bonchev–Trinajstić information content (AvgIpc) is 3.64. The molecule has 2 aromatic carbocycles. The van der Waals surface area contributed by atoms with Crippen molar-refractivity contribution in [1.29, 1.82) is 0 Å². The van der Waals surface area contributed by atoms with Gasteiger partial charge in [0.25, 0.3) is 15.9 Å². The summed E-state index contributed by atoms with van der Waals surface area (Å²) in [6, 6.07) is 13.2. The number of nitrogens with one attached hydrogen (secondary N) is 1. The van der Waals surface area contributed by atoms with E-state index in [1.165, 1.54) is 31.6 Å². The van der Waals surface area contributed by atoms with Crippen molar-refractivity contribution in [2.45, 2.75) is 4.90 Å². The van der Waals surface area contributed by atoms with Gasteiger partial charge < -0.3 is 14.3 Å². The molecule has 0 fully saturated rings. The lowest BCUT2D eigenvalue weighted by Crippen LogP contribution is -2.15. The number of methoxy groups -OCH3 is 1. The number of pyridine rings is 2. The highest BCUT2D eigenvalue weighted by molar-refractivity contribution is 7.92. The molecule has 2 N–H and O–H groups in total. The number of anilines is 1. The average molecular weight is 605 g/mol. The van der Waals surface area contributed by atoms with Gasteiger partial charge in [-0.3, -0.25) is 9.12 Å². The van der Waals surface area contributed by atoms with Gasteiger partial charge in [0.15, 0.2) is 0 Å². The lowest BCUT2D eigenvalue weighted by atomic mass is 10.1. The van der Waals surface area contributed by atoms with E-state index in [1.54, 1.807) is 40.9 Å². The molecule has 43 heavy (non-hydrogen) atoms. The maximum absolute atomic E-state index is 14.3. The smallest absolute Gasteiger partial charge is 0.336 e. The summed E-state index contributed by atoms with van der Waals surface area (Å²) in [5.41, 5.74) is 2.08. The van der Waals surface area contributed by atoms with Crippen LogP contribution in [0.2, 0.25) is 0 Å². The molecular formula is C28H18F2N6O6S. The van der Waals surface area contributed by atoms with E-state index in [1.807, 2.05) is 0 Å². The number of carbonyl (C=O) groups is 1. The minimum absolute atomic E-state index is 0.00118. The van der Waals surface area contributed by atoms with Gasteiger partial charge in [0, 0.05) is 29.6 Å². The number of carboxylic acid groups (broad SMARTS) is 1. The minimum Gasteiger partial charge on any atom is -0.480 e. The zero-order valence-electron chi connectivity index (χ0n) is 21.9. The van der Waals surface area contributed by atoms with Gasteiger partial charge in [-0.05, 0) is 42.5 Å². The fourth-order valence-corrected chi connectivity index (χ4v) is 5.45. The summed E-state index contributed by atoms with van der Waals surface area (Å²) in [5, 5.41) is 17.6. The van der Waals surface area contributed by atoms with Crippen molar-refractivity contribution in [3.8, 4) is 40.0 Å². The molecule has 0 aliphatic heterocycles. The SMILES string of the molecule is COc1ncc(-c2ccc3ncc(-c4nnc(-c5ccccc5C(=O)O)o4)n3c2)cc1NS(=O)(=O)c1ccc(F)cc1F. The van der Waals surface area contributed by atoms with E-state index in [-0.39, 0.29) is 34.5 Å². The largest absolute Gasteiger partial charge is 0.480 e. The summed E-state index contributed by atoms with van der Waals surface area (Å²) in [4.78, 5) is 19.4. The molecule has 0 amide bonds. The number of imidazole rings is 1. The predicted octanol–water partition coefficient (Wildman–Crippen LogP) is 4.90. The van der Waals surface area contributed by atoms with Crippen molar-refractivity contribution in [3.05, 3.63) is 96.5 Å². The number of halogens is 2. The number of nitrogens with zero attached hydrogens (tertiary/aromatic N) is 5. The second-order valence-electron chi connectivity index (χ2n) is 9.01. The molecule has 0 bridgehead atoms. The molecule has 0 unspecified atom stereocenters. The number of aromatic carboxylic acids is 1. The first kappa shape index (κ1) is 27.5. The third kappa shape index (κ3) is 5.12. The molecule has 0 atom stereocenters. The Balaban J connectivity index is 1.37. The Morgan fingerprint density at radius 2 is 1.77 bits per heavy atom. The molecule has 6 aromatic rings. The molecule has 15 heteroatoms. The van der Waals surface area contributed by atoms with Gasteiger partial charge in [-0.1, -0.05) is 12.1 Å². The summed E-state index contributed by atoms with van der Waals surface area (Å²) in [6.45, 7) is 0. The number of hydrogen-bond donors (Lipinski definition) is 2. The Morgan fingerprint density at radius 1 is 0.977 bits per heavy atom. The number of hydrogen-bond acceptors (Lipinski definition) is 9. The van der Waals surface area contributed by atoms with Crippen LogP contribution in [0.25, 0.3) is 39.8 Å². The van der Waals surface area contributed by atoms with Gasteiger partial charge in [-0.2, -0.15) is 0 Å². The molecule has 0 radical (unpaired) electrons. The lowest BCUT2D eigenvalue weighted by molar-refractivity contribution is 0.0697. The van der Waals surface area contributed by atoms with E-state index >= 15 is 0 Å². The Hall–Kier alpha value is -5.70. The summed E-state index contributed by atoms with van der Waals surface area (Å²) in [7, 11) is -3.19. The number of carboxylic acids is 1. The minimum atomic E-state index is -4.48.